The lowest BCUT2D eigenvalue weighted by molar-refractivity contribution is -0.116. The molecule has 5 rings (SSSR count). The molecule has 2 N–H and O–H groups in total. The number of hydrogen-bond donors (Lipinski definition) is 2. The number of hydrogen-bond acceptors (Lipinski definition) is 3. The van der Waals surface area contributed by atoms with Crippen LogP contribution in [0.15, 0.2) is 85.2 Å². The molecule has 0 radical (unpaired) electrons. The van der Waals surface area contributed by atoms with Crippen LogP contribution in [0.2, 0.25) is 5.02 Å². The van der Waals surface area contributed by atoms with Gasteiger partial charge in [0.05, 0.1) is 17.8 Å². The third kappa shape index (κ3) is 5.35. The normalized spacial score (nSPS) is 17.1. The van der Waals surface area contributed by atoms with Gasteiger partial charge in [-0.05, 0) is 91.4 Å². The van der Waals surface area contributed by atoms with Crippen LogP contribution in [0, 0.1) is 12.7 Å². The maximum atomic E-state index is 13.2. The van der Waals surface area contributed by atoms with Gasteiger partial charge in [0, 0.05) is 47.5 Å². The minimum atomic E-state index is -0.353. The Morgan fingerprint density at radius 1 is 1.14 bits per heavy atom. The Morgan fingerprint density at radius 2 is 1.95 bits per heavy atom. The van der Waals surface area contributed by atoms with Crippen LogP contribution < -0.4 is 10.6 Å². The zero-order chi connectivity index (χ0) is 25.9. The molecule has 37 heavy (non-hydrogen) atoms. The van der Waals surface area contributed by atoms with Crippen LogP contribution in [-0.2, 0) is 4.79 Å². The second kappa shape index (κ2) is 10.7. The third-order valence-electron chi connectivity index (χ3n) is 6.41. The summed E-state index contributed by atoms with van der Waals surface area (Å²) in [6, 6.07) is 21.0. The summed E-state index contributed by atoms with van der Waals surface area (Å²) < 4.78 is 15.3. The molecule has 0 saturated carbocycles. The molecule has 0 unspecified atom stereocenters. The quantitative estimate of drug-likeness (QED) is 0.286. The zero-order valence-electron chi connectivity index (χ0n) is 20.1. The lowest BCUT2D eigenvalue weighted by Gasteiger charge is -2.29. The van der Waals surface area contributed by atoms with Crippen molar-refractivity contribution in [1.82, 2.24) is 19.8 Å². The minimum absolute atomic E-state index is 0.182. The number of nitrogens with one attached hydrogen (secondary N) is 2. The summed E-state index contributed by atoms with van der Waals surface area (Å²) in [5.41, 5.74) is 4.36. The molecule has 1 amide bonds. The number of carbonyl (C=O) groups is 1. The van der Waals surface area contributed by atoms with Crippen molar-refractivity contribution in [3.05, 3.63) is 113 Å². The zero-order valence-corrected chi connectivity index (χ0v) is 21.6. The van der Waals surface area contributed by atoms with E-state index in [1.54, 1.807) is 6.20 Å². The van der Waals surface area contributed by atoms with Crippen molar-refractivity contribution in [3.8, 4) is 5.69 Å². The molecule has 0 spiro atoms. The van der Waals surface area contributed by atoms with Gasteiger partial charge >= 0.3 is 0 Å². The van der Waals surface area contributed by atoms with E-state index in [4.69, 9.17) is 23.8 Å². The number of benzene rings is 2. The summed E-state index contributed by atoms with van der Waals surface area (Å²) >= 11 is 12.0. The summed E-state index contributed by atoms with van der Waals surface area (Å²) in [5, 5.41) is 7.51. The number of nitrogens with zero attached hydrogens (tertiary/aromatic N) is 3. The number of rotatable bonds is 7. The van der Waals surface area contributed by atoms with E-state index in [1.165, 1.54) is 24.3 Å². The molecule has 188 valence electrons. The predicted molar refractivity (Wildman–Crippen MR) is 147 cm³/mol. The van der Waals surface area contributed by atoms with Crippen molar-refractivity contribution in [2.75, 3.05) is 11.9 Å². The fourth-order valence-electron chi connectivity index (χ4n) is 4.60. The van der Waals surface area contributed by atoms with Crippen LogP contribution in [0.3, 0.4) is 0 Å². The second-order valence-corrected chi connectivity index (χ2v) is 9.66. The number of carbonyl (C=O) groups excluding carboxylic acids is 1. The molecule has 2 aromatic carbocycles. The van der Waals surface area contributed by atoms with E-state index < -0.39 is 0 Å². The molecule has 6 nitrogen and oxygen atoms in total. The molecule has 9 heteroatoms. The monoisotopic (exact) mass is 533 g/mol. The molecule has 1 fully saturated rings. The first-order valence-corrected chi connectivity index (χ1v) is 12.7. The number of amides is 1. The number of aromatic nitrogens is 2. The summed E-state index contributed by atoms with van der Waals surface area (Å²) in [6.07, 6.45) is 3.97. The standard InChI is InChI=1S/C28H25ClFN5OS/c1-18-17-21(11-12-22(18)29)34-15-4-6-24(34)27-26(23-5-2-3-14-31-23)33-28(37)35(27)16-13-25(36)32-20-9-7-19(30)8-10-20/h2-12,14-15,17,26-27H,13,16H2,1H3,(H,32,36)(H,33,37)/t26-,27+/m1/s1. The topological polar surface area (TPSA) is 62.2 Å². The van der Waals surface area contributed by atoms with Crippen LogP contribution in [-0.4, -0.2) is 32.0 Å². The highest BCUT2D eigenvalue weighted by Crippen LogP contribution is 2.39. The first-order chi connectivity index (χ1) is 17.9. The molecular formula is C28H25ClFN5OS. The molecular weight excluding hydrogens is 509 g/mol. The van der Waals surface area contributed by atoms with Gasteiger partial charge in [-0.2, -0.15) is 0 Å². The fraction of sp³-hybridized carbons (Fsp3) is 0.179. The van der Waals surface area contributed by atoms with E-state index >= 15 is 0 Å². The molecule has 0 aliphatic carbocycles. The highest BCUT2D eigenvalue weighted by atomic mass is 35.5. The van der Waals surface area contributed by atoms with Gasteiger partial charge in [-0.25, -0.2) is 4.39 Å². The maximum absolute atomic E-state index is 13.2. The Morgan fingerprint density at radius 3 is 2.68 bits per heavy atom. The fourth-order valence-corrected chi connectivity index (χ4v) is 5.04. The minimum Gasteiger partial charge on any atom is -0.352 e. The number of anilines is 1. The Balaban J connectivity index is 1.44. The number of halogens is 2. The van der Waals surface area contributed by atoms with E-state index in [2.05, 4.69) is 26.3 Å². The summed E-state index contributed by atoms with van der Waals surface area (Å²) in [6.45, 7) is 2.36. The van der Waals surface area contributed by atoms with E-state index in [-0.39, 0.29) is 30.2 Å². The van der Waals surface area contributed by atoms with Gasteiger partial charge in [0.15, 0.2) is 5.11 Å². The van der Waals surface area contributed by atoms with Crippen molar-refractivity contribution in [2.24, 2.45) is 0 Å². The van der Waals surface area contributed by atoms with Gasteiger partial charge in [0.2, 0.25) is 5.91 Å². The van der Waals surface area contributed by atoms with Gasteiger partial charge in [-0.1, -0.05) is 17.7 Å². The van der Waals surface area contributed by atoms with Crippen LogP contribution in [0.5, 0.6) is 0 Å². The molecule has 3 heterocycles. The largest absolute Gasteiger partial charge is 0.352 e. The Hall–Kier alpha value is -3.75. The van der Waals surface area contributed by atoms with Crippen LogP contribution >= 0.6 is 23.8 Å². The molecule has 0 bridgehead atoms. The predicted octanol–water partition coefficient (Wildman–Crippen LogP) is 5.97. The number of thiocarbonyl (C=S) groups is 1. The molecule has 2 atom stereocenters. The first-order valence-electron chi connectivity index (χ1n) is 11.9. The molecule has 4 aromatic rings. The molecule has 1 aliphatic heterocycles. The lowest BCUT2D eigenvalue weighted by atomic mass is 10.0. The Bertz CT molecular complexity index is 1430. The lowest BCUT2D eigenvalue weighted by Crippen LogP contribution is -2.33. The van der Waals surface area contributed by atoms with E-state index in [1.807, 2.05) is 60.5 Å². The molecule has 1 saturated heterocycles. The van der Waals surface area contributed by atoms with Crippen molar-refractivity contribution >= 4 is 40.5 Å². The van der Waals surface area contributed by atoms with Gasteiger partial charge in [-0.15, -0.1) is 0 Å². The van der Waals surface area contributed by atoms with Gasteiger partial charge in [0.25, 0.3) is 0 Å². The average molecular weight is 534 g/mol. The van der Waals surface area contributed by atoms with Gasteiger partial charge in [-0.3, -0.25) is 9.78 Å². The smallest absolute Gasteiger partial charge is 0.226 e. The van der Waals surface area contributed by atoms with Crippen LogP contribution in [0.25, 0.3) is 5.69 Å². The van der Waals surface area contributed by atoms with Crippen molar-refractivity contribution in [2.45, 2.75) is 25.4 Å². The van der Waals surface area contributed by atoms with Gasteiger partial charge in [0.1, 0.15) is 5.82 Å². The highest BCUT2D eigenvalue weighted by Gasteiger charge is 2.41. The average Bonchev–Trinajstić information content (AvgIpc) is 3.50. The highest BCUT2D eigenvalue weighted by molar-refractivity contribution is 7.80. The van der Waals surface area contributed by atoms with Gasteiger partial charge < -0.3 is 20.1 Å². The van der Waals surface area contributed by atoms with Crippen molar-refractivity contribution in [3.63, 3.8) is 0 Å². The van der Waals surface area contributed by atoms with Crippen LogP contribution in [0.4, 0.5) is 10.1 Å². The van der Waals surface area contributed by atoms with Crippen molar-refractivity contribution in [1.29, 1.82) is 0 Å². The maximum Gasteiger partial charge on any atom is 0.226 e. The Kier molecular flexibility index (Phi) is 7.21. The molecule has 1 aliphatic rings. The SMILES string of the molecule is Cc1cc(-n2cccc2[C@H]2[C@@H](c3ccccn3)NC(=S)N2CCC(=O)Nc2ccc(F)cc2)ccc1Cl. The Labute approximate surface area is 225 Å². The molecule has 2 aromatic heterocycles. The summed E-state index contributed by atoms with van der Waals surface area (Å²) in [4.78, 5) is 19.4. The first kappa shape index (κ1) is 24.9. The van der Waals surface area contributed by atoms with E-state index in [0.29, 0.717) is 22.4 Å². The summed E-state index contributed by atoms with van der Waals surface area (Å²) in [5.74, 6) is -0.535. The van der Waals surface area contributed by atoms with Crippen LogP contribution in [0.1, 0.15) is 35.5 Å². The van der Waals surface area contributed by atoms with Crippen molar-refractivity contribution < 1.29 is 9.18 Å². The summed E-state index contributed by atoms with van der Waals surface area (Å²) in [7, 11) is 0. The number of aryl methyl sites for hydroxylation is 1. The van der Waals surface area contributed by atoms with E-state index in [9.17, 15) is 9.18 Å². The second-order valence-electron chi connectivity index (χ2n) is 8.86. The third-order valence-corrected chi connectivity index (χ3v) is 7.18. The number of pyridine rings is 1. The van der Waals surface area contributed by atoms with E-state index in [0.717, 1.165) is 22.6 Å².